The minimum atomic E-state index is -0.315. The number of aromatic nitrogens is 4. The Balaban J connectivity index is 1.26. The number of carbonyl (C=O) groups excluding carboxylic acids is 1. The molecule has 2 fully saturated rings. The predicted molar refractivity (Wildman–Crippen MR) is 107 cm³/mol. The van der Waals surface area contributed by atoms with Gasteiger partial charge in [-0.3, -0.25) is 9.69 Å². The van der Waals surface area contributed by atoms with Crippen molar-refractivity contribution in [1.29, 1.82) is 0 Å². The van der Waals surface area contributed by atoms with E-state index < -0.39 is 0 Å². The maximum atomic E-state index is 13.5. The van der Waals surface area contributed by atoms with Gasteiger partial charge >= 0.3 is 0 Å². The Kier molecular flexibility index (Phi) is 6.49. The number of benzene rings is 1. The van der Waals surface area contributed by atoms with E-state index >= 15 is 0 Å². The smallest absolute Gasteiger partial charge is 0.222 e. The molecule has 2 heterocycles. The SMILES string of the molecule is O=C(CCC1CCCCC1)N1CCN(Cc2nnnn2-c2cccc(F)c2)CC1. The number of halogens is 1. The predicted octanol–water partition coefficient (Wildman–Crippen LogP) is 2.81. The molecule has 2 aromatic rings. The van der Waals surface area contributed by atoms with E-state index in [-0.39, 0.29) is 5.82 Å². The second-order valence-electron chi connectivity index (χ2n) is 8.19. The fourth-order valence-electron chi connectivity index (χ4n) is 4.43. The molecule has 8 heteroatoms. The maximum Gasteiger partial charge on any atom is 0.222 e. The van der Waals surface area contributed by atoms with Crippen LogP contribution >= 0.6 is 0 Å². The molecule has 1 aromatic heterocycles. The van der Waals surface area contributed by atoms with E-state index in [9.17, 15) is 9.18 Å². The zero-order valence-electron chi connectivity index (χ0n) is 16.8. The van der Waals surface area contributed by atoms with Gasteiger partial charge in [0.15, 0.2) is 5.82 Å². The molecule has 1 amide bonds. The highest BCUT2D eigenvalue weighted by Crippen LogP contribution is 2.27. The van der Waals surface area contributed by atoms with Crippen molar-refractivity contribution in [3.63, 3.8) is 0 Å². The molecule has 7 nitrogen and oxygen atoms in total. The van der Waals surface area contributed by atoms with Crippen LogP contribution in [0.4, 0.5) is 4.39 Å². The second kappa shape index (κ2) is 9.43. The summed E-state index contributed by atoms with van der Waals surface area (Å²) in [5.74, 6) is 1.40. The van der Waals surface area contributed by atoms with Crippen LogP contribution in [-0.2, 0) is 11.3 Å². The van der Waals surface area contributed by atoms with Gasteiger partial charge in [0.2, 0.25) is 5.91 Å². The van der Waals surface area contributed by atoms with Crippen LogP contribution in [0.3, 0.4) is 0 Å². The number of tetrazole rings is 1. The van der Waals surface area contributed by atoms with Crippen molar-refractivity contribution in [2.24, 2.45) is 5.92 Å². The molecular weight excluding hydrogens is 371 g/mol. The summed E-state index contributed by atoms with van der Waals surface area (Å²) in [6.45, 7) is 3.65. The number of amides is 1. The van der Waals surface area contributed by atoms with Crippen LogP contribution < -0.4 is 0 Å². The monoisotopic (exact) mass is 400 g/mol. The number of hydrogen-bond donors (Lipinski definition) is 0. The van der Waals surface area contributed by atoms with E-state index in [2.05, 4.69) is 20.4 Å². The molecule has 0 spiro atoms. The molecule has 1 aliphatic heterocycles. The molecule has 29 heavy (non-hydrogen) atoms. The van der Waals surface area contributed by atoms with E-state index in [1.807, 2.05) is 4.90 Å². The topological polar surface area (TPSA) is 67.2 Å². The lowest BCUT2D eigenvalue weighted by Gasteiger charge is -2.34. The number of carbonyl (C=O) groups is 1. The number of nitrogens with zero attached hydrogens (tertiary/aromatic N) is 6. The van der Waals surface area contributed by atoms with Crippen molar-refractivity contribution in [3.8, 4) is 5.69 Å². The van der Waals surface area contributed by atoms with Crippen molar-refractivity contribution in [1.82, 2.24) is 30.0 Å². The quantitative estimate of drug-likeness (QED) is 0.746. The van der Waals surface area contributed by atoms with Gasteiger partial charge in [-0.05, 0) is 41.0 Å². The normalized spacial score (nSPS) is 18.9. The lowest BCUT2D eigenvalue weighted by atomic mass is 9.86. The summed E-state index contributed by atoms with van der Waals surface area (Å²) < 4.78 is 15.1. The largest absolute Gasteiger partial charge is 0.340 e. The average Bonchev–Trinajstić information content (AvgIpc) is 3.21. The van der Waals surface area contributed by atoms with Gasteiger partial charge in [-0.25, -0.2) is 4.39 Å². The summed E-state index contributed by atoms with van der Waals surface area (Å²) in [4.78, 5) is 16.8. The second-order valence-corrected chi connectivity index (χ2v) is 8.19. The fraction of sp³-hybridized carbons (Fsp3) is 0.619. The first-order valence-electron chi connectivity index (χ1n) is 10.7. The van der Waals surface area contributed by atoms with E-state index in [0.717, 1.165) is 38.5 Å². The van der Waals surface area contributed by atoms with Gasteiger partial charge in [0.05, 0.1) is 12.2 Å². The molecule has 1 saturated heterocycles. The zero-order valence-corrected chi connectivity index (χ0v) is 16.8. The van der Waals surface area contributed by atoms with Gasteiger partial charge in [-0.2, -0.15) is 4.68 Å². The molecule has 1 saturated carbocycles. The summed E-state index contributed by atoms with van der Waals surface area (Å²) in [5, 5.41) is 11.9. The summed E-state index contributed by atoms with van der Waals surface area (Å²) in [6, 6.07) is 6.25. The highest BCUT2D eigenvalue weighted by Gasteiger charge is 2.24. The number of piperazine rings is 1. The standard InChI is InChI=1S/C21H29FN6O/c22-18-7-4-8-19(15-18)28-20(23-24-25-28)16-26-11-13-27(14-12-26)21(29)10-9-17-5-2-1-3-6-17/h4,7-8,15,17H,1-3,5-6,9-14,16H2. The first-order chi connectivity index (χ1) is 14.2. The third-order valence-electron chi connectivity index (χ3n) is 6.17. The molecule has 2 aliphatic rings. The lowest BCUT2D eigenvalue weighted by molar-refractivity contribution is -0.133. The Bertz CT molecular complexity index is 811. The summed E-state index contributed by atoms with van der Waals surface area (Å²) in [5.41, 5.74) is 0.613. The van der Waals surface area contributed by atoms with Gasteiger partial charge in [0, 0.05) is 32.6 Å². The number of hydrogen-bond acceptors (Lipinski definition) is 5. The van der Waals surface area contributed by atoms with Gasteiger partial charge in [-0.15, -0.1) is 5.10 Å². The van der Waals surface area contributed by atoms with Crippen molar-refractivity contribution in [2.75, 3.05) is 26.2 Å². The molecule has 0 bridgehead atoms. The molecule has 4 rings (SSSR count). The molecule has 0 N–H and O–H groups in total. The van der Waals surface area contributed by atoms with Crippen LogP contribution in [0, 0.1) is 11.7 Å². The first-order valence-corrected chi connectivity index (χ1v) is 10.7. The van der Waals surface area contributed by atoms with Crippen LogP contribution in [0.5, 0.6) is 0 Å². The van der Waals surface area contributed by atoms with Crippen LogP contribution in [0.1, 0.15) is 50.8 Å². The highest BCUT2D eigenvalue weighted by atomic mass is 19.1. The molecule has 0 unspecified atom stereocenters. The van der Waals surface area contributed by atoms with Crippen molar-refractivity contribution >= 4 is 5.91 Å². The van der Waals surface area contributed by atoms with E-state index in [4.69, 9.17) is 0 Å². The Morgan fingerprint density at radius 3 is 2.66 bits per heavy atom. The van der Waals surface area contributed by atoms with Gasteiger partial charge < -0.3 is 4.90 Å². The fourth-order valence-corrected chi connectivity index (χ4v) is 4.43. The minimum absolute atomic E-state index is 0.291. The van der Waals surface area contributed by atoms with E-state index in [1.54, 1.807) is 16.8 Å². The summed E-state index contributed by atoms with van der Waals surface area (Å²) >= 11 is 0. The molecule has 156 valence electrons. The molecular formula is C21H29FN6O. The summed E-state index contributed by atoms with van der Waals surface area (Å²) in [7, 11) is 0. The van der Waals surface area contributed by atoms with Gasteiger partial charge in [0.25, 0.3) is 0 Å². The molecule has 1 aliphatic carbocycles. The Morgan fingerprint density at radius 2 is 1.90 bits per heavy atom. The van der Waals surface area contributed by atoms with Gasteiger partial charge in [0.1, 0.15) is 5.82 Å². The highest BCUT2D eigenvalue weighted by molar-refractivity contribution is 5.76. The third kappa shape index (κ3) is 5.18. The van der Waals surface area contributed by atoms with Crippen LogP contribution in [0.2, 0.25) is 0 Å². The van der Waals surface area contributed by atoms with Crippen molar-refractivity contribution in [3.05, 3.63) is 35.9 Å². The Hall–Kier alpha value is -2.35. The molecule has 0 atom stereocenters. The average molecular weight is 401 g/mol. The van der Waals surface area contributed by atoms with E-state index in [1.165, 1.54) is 44.2 Å². The first kappa shape index (κ1) is 19.9. The molecule has 0 radical (unpaired) electrons. The van der Waals surface area contributed by atoms with Crippen LogP contribution in [0.15, 0.2) is 24.3 Å². The zero-order chi connectivity index (χ0) is 20.1. The van der Waals surface area contributed by atoms with Crippen LogP contribution in [-0.4, -0.2) is 62.1 Å². The third-order valence-corrected chi connectivity index (χ3v) is 6.17. The summed E-state index contributed by atoms with van der Waals surface area (Å²) in [6.07, 6.45) is 8.32. The molecule has 1 aromatic carbocycles. The maximum absolute atomic E-state index is 13.5. The Labute approximate surface area is 170 Å². The Morgan fingerprint density at radius 1 is 1.10 bits per heavy atom. The lowest BCUT2D eigenvalue weighted by Crippen LogP contribution is -2.48. The van der Waals surface area contributed by atoms with Crippen molar-refractivity contribution in [2.45, 2.75) is 51.5 Å². The van der Waals surface area contributed by atoms with E-state index in [0.29, 0.717) is 30.4 Å². The minimum Gasteiger partial charge on any atom is -0.340 e. The van der Waals surface area contributed by atoms with Crippen LogP contribution in [0.25, 0.3) is 5.69 Å². The number of rotatable bonds is 6. The van der Waals surface area contributed by atoms with Crippen molar-refractivity contribution < 1.29 is 9.18 Å². The van der Waals surface area contributed by atoms with Gasteiger partial charge in [-0.1, -0.05) is 38.2 Å².